The highest BCUT2D eigenvalue weighted by molar-refractivity contribution is 7.89. The topological polar surface area (TPSA) is 125 Å². The van der Waals surface area contributed by atoms with Gasteiger partial charge in [0.05, 0.1) is 30.8 Å². The van der Waals surface area contributed by atoms with Crippen molar-refractivity contribution in [2.24, 2.45) is 10.1 Å². The van der Waals surface area contributed by atoms with Gasteiger partial charge >= 0.3 is 0 Å². The first-order chi connectivity index (χ1) is 11.2. The fraction of sp³-hybridized carbons (Fsp3) is 0.500. The van der Waals surface area contributed by atoms with E-state index < -0.39 is 20.1 Å². The smallest absolute Gasteiger partial charge is 0.264 e. The van der Waals surface area contributed by atoms with Crippen LogP contribution in [-0.4, -0.2) is 42.1 Å². The minimum Gasteiger partial charge on any atom is -0.493 e. The molecule has 0 radical (unpaired) electrons. The fourth-order valence-corrected chi connectivity index (χ4v) is 3.82. The molecular formula is C14H20N2O6S2. The molecule has 0 amide bonds. The summed E-state index contributed by atoms with van der Waals surface area (Å²) in [6.07, 6.45) is 3.06. The molecule has 10 heteroatoms. The Balaban J connectivity index is 1.87. The van der Waals surface area contributed by atoms with Crippen LogP contribution in [0.25, 0.3) is 0 Å². The molecule has 0 aromatic heterocycles. The molecule has 1 aliphatic rings. The summed E-state index contributed by atoms with van der Waals surface area (Å²) in [5.41, 5.74) is 6.84. The van der Waals surface area contributed by atoms with Crippen molar-refractivity contribution in [3.8, 4) is 5.75 Å². The van der Waals surface area contributed by atoms with E-state index in [1.807, 2.05) is 0 Å². The van der Waals surface area contributed by atoms with Gasteiger partial charge in [-0.3, -0.25) is 4.18 Å². The average Bonchev–Trinajstić information content (AvgIpc) is 2.43. The Morgan fingerprint density at radius 2 is 1.92 bits per heavy atom. The van der Waals surface area contributed by atoms with E-state index in [2.05, 4.69) is 8.58 Å². The Morgan fingerprint density at radius 3 is 2.62 bits per heavy atom. The Labute approximate surface area is 141 Å². The summed E-state index contributed by atoms with van der Waals surface area (Å²) in [7, 11) is -6.96. The Morgan fingerprint density at radius 1 is 1.21 bits per heavy atom. The lowest BCUT2D eigenvalue weighted by atomic mass is 10.1. The summed E-state index contributed by atoms with van der Waals surface area (Å²) in [4.78, 5) is 0. The summed E-state index contributed by atoms with van der Waals surface area (Å²) in [6.45, 7) is 0.548. The highest BCUT2D eigenvalue weighted by Gasteiger charge is 2.24. The summed E-state index contributed by atoms with van der Waals surface area (Å²) in [5.74, 6) is 0.243. The molecule has 0 atom stereocenters. The molecule has 0 bridgehead atoms. The third kappa shape index (κ3) is 5.46. The average molecular weight is 376 g/mol. The zero-order valence-corrected chi connectivity index (χ0v) is 14.9. The van der Waals surface area contributed by atoms with Gasteiger partial charge in [0, 0.05) is 0 Å². The molecule has 2 rings (SSSR count). The van der Waals surface area contributed by atoms with E-state index in [9.17, 15) is 16.8 Å². The maximum absolute atomic E-state index is 11.6. The Bertz CT molecular complexity index is 831. The zero-order chi connectivity index (χ0) is 17.8. The zero-order valence-electron chi connectivity index (χ0n) is 13.3. The van der Waals surface area contributed by atoms with Crippen molar-refractivity contribution in [3.05, 3.63) is 29.3 Å². The van der Waals surface area contributed by atoms with Gasteiger partial charge in [-0.25, -0.2) is 8.42 Å². The van der Waals surface area contributed by atoms with Crippen LogP contribution in [0, 0.1) is 0 Å². The van der Waals surface area contributed by atoms with Gasteiger partial charge in [0.2, 0.25) is 0 Å². The number of ether oxygens (including phenoxy) is 1. The number of benzene rings is 1. The number of amidine groups is 1. The lowest BCUT2D eigenvalue weighted by Crippen LogP contribution is -2.24. The number of rotatable bonds is 8. The lowest BCUT2D eigenvalue weighted by Gasteiger charge is -2.18. The first kappa shape index (κ1) is 18.7. The molecule has 0 aliphatic carbocycles. The number of fused-ring (bicyclic) bond motifs is 1. The van der Waals surface area contributed by atoms with E-state index in [1.54, 1.807) is 18.2 Å². The Kier molecular flexibility index (Phi) is 5.83. The second-order valence-electron chi connectivity index (χ2n) is 5.43. The molecular weight excluding hydrogens is 356 g/mol. The number of unbranched alkanes of at least 4 members (excludes halogenated alkanes) is 2. The first-order valence-corrected chi connectivity index (χ1v) is 10.8. The third-order valence-electron chi connectivity index (χ3n) is 3.29. The van der Waals surface area contributed by atoms with Gasteiger partial charge in [-0.1, -0.05) is 12.1 Å². The van der Waals surface area contributed by atoms with Gasteiger partial charge in [0.25, 0.3) is 20.1 Å². The van der Waals surface area contributed by atoms with Gasteiger partial charge < -0.3 is 10.5 Å². The monoisotopic (exact) mass is 376 g/mol. The molecule has 0 saturated carbocycles. The van der Waals surface area contributed by atoms with Crippen molar-refractivity contribution in [3.63, 3.8) is 0 Å². The minimum atomic E-state index is -3.57. The number of nitrogens with two attached hydrogens (primary N) is 1. The molecule has 8 nitrogen and oxygen atoms in total. The predicted octanol–water partition coefficient (Wildman–Crippen LogP) is 0.761. The van der Waals surface area contributed by atoms with Crippen LogP contribution in [0.15, 0.2) is 22.6 Å². The van der Waals surface area contributed by atoms with E-state index in [-0.39, 0.29) is 18.2 Å². The molecule has 2 N–H and O–H groups in total. The van der Waals surface area contributed by atoms with Crippen LogP contribution in [-0.2, 0) is 30.1 Å². The van der Waals surface area contributed by atoms with Crippen molar-refractivity contribution < 1.29 is 25.8 Å². The molecule has 134 valence electrons. The van der Waals surface area contributed by atoms with Crippen LogP contribution < -0.4 is 10.5 Å². The van der Waals surface area contributed by atoms with Crippen molar-refractivity contribution in [2.75, 3.05) is 19.5 Å². The van der Waals surface area contributed by atoms with Crippen LogP contribution in [0.1, 0.15) is 30.4 Å². The van der Waals surface area contributed by atoms with Gasteiger partial charge in [0.1, 0.15) is 11.6 Å². The SMILES string of the molecule is CS(=O)(=O)OCCCCCOc1cccc2c1C(N)=NS(=O)(=O)C2. The first-order valence-electron chi connectivity index (χ1n) is 7.35. The molecule has 1 heterocycles. The van der Waals surface area contributed by atoms with E-state index in [0.717, 1.165) is 12.7 Å². The van der Waals surface area contributed by atoms with Gasteiger partial charge in [-0.05, 0) is 30.9 Å². The quantitative estimate of drug-likeness (QED) is 0.524. The molecule has 0 saturated heterocycles. The molecule has 1 aromatic carbocycles. The molecule has 0 spiro atoms. The summed E-state index contributed by atoms with van der Waals surface area (Å²) in [6, 6.07) is 5.11. The normalized spacial score (nSPS) is 16.3. The molecule has 0 fully saturated rings. The summed E-state index contributed by atoms with van der Waals surface area (Å²) >= 11 is 0. The minimum absolute atomic E-state index is 0.0617. The van der Waals surface area contributed by atoms with E-state index in [0.29, 0.717) is 36.3 Å². The van der Waals surface area contributed by atoms with Crippen LogP contribution in [0.3, 0.4) is 0 Å². The highest BCUT2D eigenvalue weighted by atomic mass is 32.2. The van der Waals surface area contributed by atoms with Crippen molar-refractivity contribution in [2.45, 2.75) is 25.0 Å². The molecule has 1 aromatic rings. The van der Waals surface area contributed by atoms with Crippen molar-refractivity contribution in [1.82, 2.24) is 0 Å². The molecule has 24 heavy (non-hydrogen) atoms. The van der Waals surface area contributed by atoms with Gasteiger partial charge in [-0.15, -0.1) is 4.40 Å². The fourth-order valence-electron chi connectivity index (χ4n) is 2.31. The second kappa shape index (κ2) is 7.49. The summed E-state index contributed by atoms with van der Waals surface area (Å²) in [5, 5.41) is 0. The van der Waals surface area contributed by atoms with Crippen LogP contribution in [0.4, 0.5) is 0 Å². The lowest BCUT2D eigenvalue weighted by molar-refractivity contribution is 0.282. The number of hydrogen-bond acceptors (Lipinski definition) is 7. The van der Waals surface area contributed by atoms with Crippen molar-refractivity contribution in [1.29, 1.82) is 0 Å². The van der Waals surface area contributed by atoms with E-state index in [1.165, 1.54) is 0 Å². The van der Waals surface area contributed by atoms with Crippen molar-refractivity contribution >= 4 is 26.0 Å². The number of sulfonamides is 1. The molecule has 0 unspecified atom stereocenters. The largest absolute Gasteiger partial charge is 0.493 e. The second-order valence-corrected chi connectivity index (χ2v) is 8.71. The predicted molar refractivity (Wildman–Crippen MR) is 89.9 cm³/mol. The summed E-state index contributed by atoms with van der Waals surface area (Å²) < 4.78 is 58.7. The maximum Gasteiger partial charge on any atom is 0.264 e. The highest BCUT2D eigenvalue weighted by Crippen LogP contribution is 2.28. The van der Waals surface area contributed by atoms with Gasteiger partial charge in [-0.2, -0.15) is 8.42 Å². The maximum atomic E-state index is 11.6. The number of nitrogens with zero attached hydrogens (tertiary/aromatic N) is 1. The van der Waals surface area contributed by atoms with Crippen LogP contribution in [0.5, 0.6) is 5.75 Å². The van der Waals surface area contributed by atoms with E-state index >= 15 is 0 Å². The van der Waals surface area contributed by atoms with Gasteiger partial charge in [0.15, 0.2) is 0 Å². The number of hydrogen-bond donors (Lipinski definition) is 1. The Hall–Kier alpha value is -1.65. The van der Waals surface area contributed by atoms with E-state index in [4.69, 9.17) is 10.5 Å². The molecule has 1 aliphatic heterocycles. The van der Waals surface area contributed by atoms with Crippen LogP contribution >= 0.6 is 0 Å². The third-order valence-corrected chi connectivity index (χ3v) is 5.03. The van der Waals surface area contributed by atoms with Crippen LogP contribution in [0.2, 0.25) is 0 Å². The standard InChI is InChI=1S/C14H20N2O6S2/c1-23(17,18)22-9-4-2-3-8-21-12-7-5-6-11-10-24(19,20)16-14(15)13(11)12/h5-7H,2-4,8-10H2,1H3,(H2,15,16).